The van der Waals surface area contributed by atoms with Crippen molar-refractivity contribution in [3.05, 3.63) is 59.7 Å². The first-order chi connectivity index (χ1) is 8.81. The maximum atomic E-state index is 5.42. The van der Waals surface area contributed by atoms with E-state index in [1.54, 1.807) is 7.11 Å². The number of halogens is 1. The van der Waals surface area contributed by atoms with Crippen molar-refractivity contribution in [1.82, 2.24) is 0 Å². The molecular weight excluding hydrogens is 262 g/mol. The van der Waals surface area contributed by atoms with E-state index < -0.39 is 0 Å². The van der Waals surface area contributed by atoms with Crippen LogP contribution in [0.5, 0.6) is 11.5 Å². The monoisotopic (exact) mass is 279 g/mol. The minimum absolute atomic E-state index is 0. The van der Waals surface area contributed by atoms with Crippen molar-refractivity contribution in [3.63, 3.8) is 0 Å². The number of ether oxygens (including phenoxy) is 2. The molecule has 4 heteroatoms. The van der Waals surface area contributed by atoms with Crippen LogP contribution in [-0.2, 0) is 13.2 Å². The summed E-state index contributed by atoms with van der Waals surface area (Å²) in [7, 11) is 1.65. The molecule has 0 unspecified atom stereocenters. The number of hydrogen-bond acceptors (Lipinski definition) is 3. The van der Waals surface area contributed by atoms with Crippen molar-refractivity contribution in [1.29, 1.82) is 0 Å². The summed E-state index contributed by atoms with van der Waals surface area (Å²) in [6.45, 7) is 1.33. The number of nitrogens with two attached hydrogens (primary N) is 1. The van der Waals surface area contributed by atoms with Crippen LogP contribution in [0.4, 0.5) is 0 Å². The molecule has 0 aromatic heterocycles. The van der Waals surface area contributed by atoms with Gasteiger partial charge in [-0.2, -0.15) is 0 Å². The Balaban J connectivity index is 0.000000183. The lowest BCUT2D eigenvalue weighted by Crippen LogP contribution is -2.00. The van der Waals surface area contributed by atoms with Crippen LogP contribution in [0.25, 0.3) is 0 Å². The number of fused-ring (bicyclic) bond motifs is 3. The van der Waals surface area contributed by atoms with Gasteiger partial charge >= 0.3 is 0 Å². The highest BCUT2D eigenvalue weighted by atomic mass is 35.5. The summed E-state index contributed by atoms with van der Waals surface area (Å²) in [5, 5.41) is 0. The van der Waals surface area contributed by atoms with Gasteiger partial charge in [-0.15, -0.1) is 12.4 Å². The number of rotatable bonds is 2. The van der Waals surface area contributed by atoms with E-state index in [1.165, 1.54) is 5.56 Å². The Kier molecular flexibility index (Phi) is 6.19. The summed E-state index contributed by atoms with van der Waals surface area (Å²) < 4.78 is 10.2. The Bertz CT molecular complexity index is 458. The lowest BCUT2D eigenvalue weighted by atomic mass is 10.2. The Morgan fingerprint density at radius 2 is 1.89 bits per heavy atom. The van der Waals surface area contributed by atoms with E-state index in [0.717, 1.165) is 23.7 Å². The zero-order valence-corrected chi connectivity index (χ0v) is 11.7. The van der Waals surface area contributed by atoms with Crippen molar-refractivity contribution in [2.45, 2.75) is 13.2 Å². The molecule has 0 radical (unpaired) electrons. The van der Waals surface area contributed by atoms with Gasteiger partial charge in [0.2, 0.25) is 0 Å². The van der Waals surface area contributed by atoms with Crippen LogP contribution in [0, 0.1) is 0 Å². The predicted molar refractivity (Wildman–Crippen MR) is 78.9 cm³/mol. The molecule has 2 bridgehead atoms. The third-order valence-electron chi connectivity index (χ3n) is 2.70. The second-order valence-electron chi connectivity index (χ2n) is 3.99. The molecule has 2 aromatic rings. The van der Waals surface area contributed by atoms with Crippen molar-refractivity contribution in [2.24, 2.45) is 5.73 Å². The maximum absolute atomic E-state index is 5.42. The van der Waals surface area contributed by atoms with Crippen molar-refractivity contribution >= 4 is 12.4 Å². The molecular formula is C15H18ClNO2. The van der Waals surface area contributed by atoms with Crippen molar-refractivity contribution in [2.75, 3.05) is 7.11 Å². The summed E-state index contributed by atoms with van der Waals surface area (Å²) in [4.78, 5) is 0. The standard InChI is InChI=1S/C8H11NO.C7H6O.ClH/c1-10-8-4-2-3-7(5-8)6-9;1-3-7-4-2-6(1)5-8-7;/h2-5H,6,9H2,1H3;1-4H,5H2;1H. The summed E-state index contributed by atoms with van der Waals surface area (Å²) in [5.41, 5.74) is 7.78. The van der Waals surface area contributed by atoms with Crippen LogP contribution in [0.2, 0.25) is 0 Å². The Morgan fingerprint density at radius 1 is 1.16 bits per heavy atom. The van der Waals surface area contributed by atoms with E-state index in [4.69, 9.17) is 15.2 Å². The minimum Gasteiger partial charge on any atom is -0.497 e. The van der Waals surface area contributed by atoms with Gasteiger partial charge in [0.05, 0.1) is 7.11 Å². The van der Waals surface area contributed by atoms with Gasteiger partial charge in [0.1, 0.15) is 18.1 Å². The van der Waals surface area contributed by atoms with E-state index in [0.29, 0.717) is 6.54 Å². The van der Waals surface area contributed by atoms with Crippen LogP contribution in [0.3, 0.4) is 0 Å². The van der Waals surface area contributed by atoms with Crippen LogP contribution in [0.15, 0.2) is 48.5 Å². The molecule has 0 aliphatic carbocycles. The average Bonchev–Trinajstić information content (AvgIpc) is 2.50. The molecule has 19 heavy (non-hydrogen) atoms. The first-order valence-corrected chi connectivity index (χ1v) is 5.86. The van der Waals surface area contributed by atoms with E-state index in [-0.39, 0.29) is 12.4 Å². The van der Waals surface area contributed by atoms with Gasteiger partial charge in [0.25, 0.3) is 0 Å². The molecule has 3 nitrogen and oxygen atoms in total. The number of hydrogen-bond donors (Lipinski definition) is 1. The van der Waals surface area contributed by atoms with Crippen LogP contribution >= 0.6 is 12.4 Å². The Hall–Kier alpha value is -1.71. The van der Waals surface area contributed by atoms with Crippen LogP contribution < -0.4 is 15.2 Å². The molecule has 4 rings (SSSR count). The first-order valence-electron chi connectivity index (χ1n) is 5.86. The minimum atomic E-state index is 0. The molecule has 0 fully saturated rings. The number of methoxy groups -OCH3 is 1. The van der Waals surface area contributed by atoms with E-state index in [2.05, 4.69) is 12.1 Å². The smallest absolute Gasteiger partial charge is 0.119 e. The molecule has 2 aromatic carbocycles. The quantitative estimate of drug-likeness (QED) is 0.918. The first kappa shape index (κ1) is 15.3. The van der Waals surface area contributed by atoms with Gasteiger partial charge < -0.3 is 15.2 Å². The van der Waals surface area contributed by atoms with Gasteiger partial charge in [-0.05, 0) is 35.4 Å². The SMILES string of the molecule is COc1cccc(CN)c1.Cl.c1cc2ccc1CO2. The molecule has 2 aliphatic rings. The molecule has 2 N–H and O–H groups in total. The molecule has 0 saturated carbocycles. The molecule has 0 saturated heterocycles. The highest BCUT2D eigenvalue weighted by molar-refractivity contribution is 5.85. The fourth-order valence-corrected chi connectivity index (χ4v) is 1.65. The largest absolute Gasteiger partial charge is 0.497 e. The van der Waals surface area contributed by atoms with Crippen molar-refractivity contribution < 1.29 is 9.47 Å². The van der Waals surface area contributed by atoms with E-state index in [1.807, 2.05) is 36.4 Å². The average molecular weight is 280 g/mol. The summed E-state index contributed by atoms with van der Waals surface area (Å²) in [5.74, 6) is 1.85. The predicted octanol–water partition coefficient (Wildman–Crippen LogP) is 3.15. The fourth-order valence-electron chi connectivity index (χ4n) is 1.65. The summed E-state index contributed by atoms with van der Waals surface area (Å²) in [6.07, 6.45) is 0. The Morgan fingerprint density at radius 3 is 2.26 bits per heavy atom. The third-order valence-corrected chi connectivity index (χ3v) is 2.70. The summed E-state index contributed by atoms with van der Waals surface area (Å²) >= 11 is 0. The second-order valence-corrected chi connectivity index (χ2v) is 3.99. The van der Waals surface area contributed by atoms with E-state index in [9.17, 15) is 0 Å². The molecule has 102 valence electrons. The van der Waals surface area contributed by atoms with E-state index >= 15 is 0 Å². The van der Waals surface area contributed by atoms with Gasteiger partial charge in [0.15, 0.2) is 0 Å². The molecule has 0 spiro atoms. The highest BCUT2D eigenvalue weighted by Gasteiger charge is 2.01. The zero-order valence-electron chi connectivity index (χ0n) is 10.8. The molecule has 2 aliphatic heterocycles. The van der Waals surface area contributed by atoms with Gasteiger partial charge in [-0.1, -0.05) is 24.3 Å². The lowest BCUT2D eigenvalue weighted by molar-refractivity contribution is 0.295. The molecule has 0 atom stereocenters. The topological polar surface area (TPSA) is 44.5 Å². The number of benzene rings is 2. The van der Waals surface area contributed by atoms with Crippen LogP contribution in [0.1, 0.15) is 11.1 Å². The fraction of sp³-hybridized carbons (Fsp3) is 0.200. The maximum Gasteiger partial charge on any atom is 0.119 e. The van der Waals surface area contributed by atoms with Gasteiger partial charge in [-0.3, -0.25) is 0 Å². The Labute approximate surface area is 119 Å². The lowest BCUT2D eigenvalue weighted by Gasteiger charge is -2.11. The van der Waals surface area contributed by atoms with Crippen molar-refractivity contribution in [3.8, 4) is 11.5 Å². The normalized spacial score (nSPS) is 10.6. The highest BCUT2D eigenvalue weighted by Crippen LogP contribution is 2.19. The van der Waals surface area contributed by atoms with Gasteiger partial charge in [-0.25, -0.2) is 0 Å². The zero-order chi connectivity index (χ0) is 12.8. The molecule has 0 amide bonds. The summed E-state index contributed by atoms with van der Waals surface area (Å²) in [6, 6.07) is 15.9. The van der Waals surface area contributed by atoms with Gasteiger partial charge in [0, 0.05) is 6.54 Å². The van der Waals surface area contributed by atoms with Crippen LogP contribution in [-0.4, -0.2) is 7.11 Å². The third kappa shape index (κ3) is 4.47. The molecule has 2 heterocycles. The second kappa shape index (κ2) is 7.67.